The minimum atomic E-state index is -0.473. The minimum absolute atomic E-state index is 0.0557. The maximum Gasteiger partial charge on any atom is 0.342 e. The zero-order valence-corrected chi connectivity index (χ0v) is 10.8. The number of nitrogens with zero attached hydrogens (tertiary/aromatic N) is 5. The van der Waals surface area contributed by atoms with Crippen molar-refractivity contribution in [1.29, 1.82) is 0 Å². The predicted molar refractivity (Wildman–Crippen MR) is 65.2 cm³/mol. The van der Waals surface area contributed by atoms with Gasteiger partial charge in [0, 0.05) is 0 Å². The van der Waals surface area contributed by atoms with Gasteiger partial charge in [0.15, 0.2) is 4.34 Å². The molecule has 2 aromatic heterocycles. The van der Waals surface area contributed by atoms with Crippen LogP contribution < -0.4 is 0 Å². The Morgan fingerprint density at radius 3 is 2.94 bits per heavy atom. The summed E-state index contributed by atoms with van der Waals surface area (Å²) in [5.74, 6) is 1.33. The van der Waals surface area contributed by atoms with Gasteiger partial charge >= 0.3 is 5.82 Å². The molecule has 2 rings (SSSR count). The molecule has 0 unspecified atom stereocenters. The van der Waals surface area contributed by atoms with Crippen molar-refractivity contribution in [3.63, 3.8) is 0 Å². The van der Waals surface area contributed by atoms with Crippen molar-refractivity contribution in [2.24, 2.45) is 7.05 Å². The summed E-state index contributed by atoms with van der Waals surface area (Å²) in [4.78, 5) is 14.2. The van der Waals surface area contributed by atoms with Crippen LogP contribution in [0, 0.1) is 10.1 Å². The summed E-state index contributed by atoms with van der Waals surface area (Å²) in [6, 6.07) is 0. The van der Waals surface area contributed by atoms with Crippen molar-refractivity contribution in [1.82, 2.24) is 19.7 Å². The summed E-state index contributed by atoms with van der Waals surface area (Å²) in [5, 5.41) is 19.2. The number of nitro groups is 1. The van der Waals surface area contributed by atoms with Crippen LogP contribution in [0.25, 0.3) is 10.8 Å². The van der Waals surface area contributed by atoms with Crippen LogP contribution in [-0.4, -0.2) is 30.4 Å². The van der Waals surface area contributed by atoms with Crippen molar-refractivity contribution >= 4 is 28.9 Å². The van der Waals surface area contributed by atoms with Crippen molar-refractivity contribution in [3.8, 4) is 10.8 Å². The van der Waals surface area contributed by atoms with Crippen molar-refractivity contribution in [2.75, 3.05) is 5.75 Å². The highest BCUT2D eigenvalue weighted by molar-refractivity contribution is 8.01. The van der Waals surface area contributed by atoms with Crippen LogP contribution in [0.3, 0.4) is 0 Å². The first kappa shape index (κ1) is 12.0. The lowest BCUT2D eigenvalue weighted by Crippen LogP contribution is -1.98. The smallest absolute Gasteiger partial charge is 0.342 e. The second kappa shape index (κ2) is 4.80. The molecule has 17 heavy (non-hydrogen) atoms. The van der Waals surface area contributed by atoms with Gasteiger partial charge < -0.3 is 10.1 Å². The average Bonchev–Trinajstić information content (AvgIpc) is 2.85. The lowest BCUT2D eigenvalue weighted by Gasteiger charge is -1.94. The summed E-state index contributed by atoms with van der Waals surface area (Å²) in [6.07, 6.45) is 1.23. The summed E-state index contributed by atoms with van der Waals surface area (Å²) in [7, 11) is 1.59. The van der Waals surface area contributed by atoms with E-state index >= 15 is 0 Å². The Labute approximate surface area is 105 Å². The van der Waals surface area contributed by atoms with E-state index in [0.29, 0.717) is 10.8 Å². The van der Waals surface area contributed by atoms with E-state index in [4.69, 9.17) is 0 Å². The fraction of sp³-hybridized carbons (Fsp3) is 0.375. The Hall–Kier alpha value is -1.48. The first-order chi connectivity index (χ1) is 8.13. The summed E-state index contributed by atoms with van der Waals surface area (Å²) in [6.45, 7) is 2.03. The number of thioether (sulfide) groups is 1. The number of aromatic nitrogens is 4. The number of imidazole rings is 1. The van der Waals surface area contributed by atoms with Gasteiger partial charge in [-0.2, -0.15) is 0 Å². The normalized spacial score (nSPS) is 10.7. The molecule has 0 saturated carbocycles. The molecule has 0 N–H and O–H groups in total. The van der Waals surface area contributed by atoms with Gasteiger partial charge in [-0.25, -0.2) is 9.55 Å². The van der Waals surface area contributed by atoms with E-state index in [-0.39, 0.29) is 5.82 Å². The van der Waals surface area contributed by atoms with Gasteiger partial charge in [0.1, 0.15) is 6.20 Å². The monoisotopic (exact) mass is 271 g/mol. The molecule has 0 aliphatic heterocycles. The topological polar surface area (TPSA) is 86.7 Å². The lowest BCUT2D eigenvalue weighted by molar-refractivity contribution is -0.391. The molecule has 0 aliphatic rings. The third kappa shape index (κ3) is 2.29. The Bertz CT molecular complexity index is 550. The maximum absolute atomic E-state index is 10.7. The van der Waals surface area contributed by atoms with Crippen LogP contribution in [0.1, 0.15) is 6.92 Å². The van der Waals surface area contributed by atoms with Gasteiger partial charge in [-0.15, -0.1) is 10.2 Å². The molecule has 90 valence electrons. The SMILES string of the molecule is CCSc1nnc(-c2ncc([N+](=O)[O-])n2C)s1. The van der Waals surface area contributed by atoms with Gasteiger partial charge in [0.2, 0.25) is 5.01 Å². The Balaban J connectivity index is 2.36. The van der Waals surface area contributed by atoms with Crippen LogP contribution in [0.4, 0.5) is 5.82 Å². The van der Waals surface area contributed by atoms with Crippen molar-refractivity contribution in [3.05, 3.63) is 16.3 Å². The second-order valence-electron chi connectivity index (χ2n) is 3.06. The van der Waals surface area contributed by atoms with Crippen LogP contribution in [-0.2, 0) is 7.05 Å². The lowest BCUT2D eigenvalue weighted by atomic mass is 10.6. The number of hydrogen-bond acceptors (Lipinski definition) is 7. The average molecular weight is 271 g/mol. The van der Waals surface area contributed by atoms with Crippen LogP contribution in [0.15, 0.2) is 10.5 Å². The molecule has 0 fully saturated rings. The molecule has 9 heteroatoms. The molecule has 0 radical (unpaired) electrons. The standard InChI is InChI=1S/C8H9N5O2S2/c1-3-16-8-11-10-7(17-8)6-9-4-5(12(6)2)13(14)15/h4H,3H2,1-2H3. The van der Waals surface area contributed by atoms with Crippen LogP contribution >= 0.6 is 23.1 Å². The molecular weight excluding hydrogens is 262 g/mol. The predicted octanol–water partition coefficient (Wildman–Crippen LogP) is 1.96. The largest absolute Gasteiger partial charge is 0.358 e. The Kier molecular flexibility index (Phi) is 3.38. The summed E-state index contributed by atoms with van der Waals surface area (Å²) in [5.41, 5.74) is 0. The Morgan fingerprint density at radius 2 is 2.35 bits per heavy atom. The molecule has 2 aromatic rings. The van der Waals surface area contributed by atoms with Gasteiger partial charge in [0.25, 0.3) is 5.82 Å². The van der Waals surface area contributed by atoms with Gasteiger partial charge in [-0.1, -0.05) is 30.0 Å². The van der Waals surface area contributed by atoms with Crippen LogP contribution in [0.2, 0.25) is 0 Å². The zero-order valence-electron chi connectivity index (χ0n) is 9.15. The quantitative estimate of drug-likeness (QED) is 0.480. The second-order valence-corrected chi connectivity index (χ2v) is 5.55. The molecule has 0 bridgehead atoms. The van der Waals surface area contributed by atoms with Crippen molar-refractivity contribution in [2.45, 2.75) is 11.3 Å². The molecule has 0 spiro atoms. The molecule has 2 heterocycles. The molecule has 0 atom stereocenters. The highest BCUT2D eigenvalue weighted by Crippen LogP contribution is 2.29. The summed E-state index contributed by atoms with van der Waals surface area (Å²) >= 11 is 2.97. The van der Waals surface area contributed by atoms with Crippen molar-refractivity contribution < 1.29 is 4.92 Å². The first-order valence-electron chi connectivity index (χ1n) is 4.76. The van der Waals surface area contributed by atoms with E-state index in [9.17, 15) is 10.1 Å². The van der Waals surface area contributed by atoms with E-state index in [1.165, 1.54) is 22.1 Å². The fourth-order valence-corrected chi connectivity index (χ4v) is 3.03. The third-order valence-corrected chi connectivity index (χ3v) is 3.95. The molecule has 0 amide bonds. The Morgan fingerprint density at radius 1 is 1.59 bits per heavy atom. The number of rotatable bonds is 4. The van der Waals surface area contributed by atoms with Crippen LogP contribution in [0.5, 0.6) is 0 Å². The fourth-order valence-electron chi connectivity index (χ4n) is 1.25. The van der Waals surface area contributed by atoms with Gasteiger partial charge in [-0.05, 0) is 10.7 Å². The van der Waals surface area contributed by atoms with Gasteiger partial charge in [-0.3, -0.25) is 0 Å². The van der Waals surface area contributed by atoms with E-state index in [2.05, 4.69) is 15.2 Å². The number of hydrogen-bond donors (Lipinski definition) is 0. The first-order valence-corrected chi connectivity index (χ1v) is 6.56. The molecule has 0 aliphatic carbocycles. The van der Waals surface area contributed by atoms with E-state index < -0.39 is 4.92 Å². The highest BCUT2D eigenvalue weighted by Gasteiger charge is 2.21. The molecule has 0 aromatic carbocycles. The molecule has 0 saturated heterocycles. The van der Waals surface area contributed by atoms with E-state index in [1.807, 2.05) is 6.92 Å². The maximum atomic E-state index is 10.7. The van der Waals surface area contributed by atoms with Gasteiger partial charge in [0.05, 0.1) is 7.05 Å². The minimum Gasteiger partial charge on any atom is -0.358 e. The molecule has 7 nitrogen and oxygen atoms in total. The van der Waals surface area contributed by atoms with E-state index in [0.717, 1.165) is 10.1 Å². The van der Waals surface area contributed by atoms with E-state index in [1.54, 1.807) is 18.8 Å². The highest BCUT2D eigenvalue weighted by atomic mass is 32.2. The zero-order chi connectivity index (χ0) is 12.4. The molecular formula is C8H9N5O2S2. The third-order valence-electron chi connectivity index (χ3n) is 2.02. The summed E-state index contributed by atoms with van der Waals surface area (Å²) < 4.78 is 2.24.